The number of hydrogen-bond acceptors (Lipinski definition) is 3. The van der Waals surface area contributed by atoms with Gasteiger partial charge in [-0.2, -0.15) is 0 Å². The van der Waals surface area contributed by atoms with Gasteiger partial charge in [-0.3, -0.25) is 9.59 Å². The number of hydrogen-bond donors (Lipinski definition) is 1. The van der Waals surface area contributed by atoms with Crippen LogP contribution in [0, 0.1) is 13.8 Å². The summed E-state index contributed by atoms with van der Waals surface area (Å²) in [5, 5.41) is 2.93. The fourth-order valence-corrected chi connectivity index (χ4v) is 4.24. The van der Waals surface area contributed by atoms with Crippen molar-refractivity contribution >= 4 is 17.5 Å². The van der Waals surface area contributed by atoms with Gasteiger partial charge in [0, 0.05) is 47.5 Å². The van der Waals surface area contributed by atoms with Crippen LogP contribution in [0.3, 0.4) is 0 Å². The molecule has 5 rings (SSSR count). The van der Waals surface area contributed by atoms with Gasteiger partial charge in [0.25, 0.3) is 11.8 Å². The summed E-state index contributed by atoms with van der Waals surface area (Å²) in [4.78, 5) is 27.3. The smallest absolute Gasteiger partial charge is 0.255 e. The van der Waals surface area contributed by atoms with Gasteiger partial charge in [-0.25, -0.2) is 0 Å². The number of anilines is 1. The Labute approximate surface area is 199 Å². The molecule has 0 radical (unpaired) electrons. The van der Waals surface area contributed by atoms with E-state index in [0.29, 0.717) is 25.1 Å². The molecule has 0 spiro atoms. The Bertz CT molecular complexity index is 1350. The lowest BCUT2D eigenvalue weighted by Gasteiger charge is -2.26. The zero-order valence-corrected chi connectivity index (χ0v) is 19.3. The van der Waals surface area contributed by atoms with Crippen LogP contribution in [0.25, 0.3) is 11.3 Å². The number of carbonyl (C=O) groups is 2. The lowest BCUT2D eigenvalue weighted by molar-refractivity contribution is 0.0729. The van der Waals surface area contributed by atoms with Crippen molar-refractivity contribution in [2.24, 2.45) is 0 Å². The average Bonchev–Trinajstić information content (AvgIpc) is 3.28. The topological polar surface area (TPSA) is 62.6 Å². The highest BCUT2D eigenvalue weighted by Gasteiger charge is 2.25. The van der Waals surface area contributed by atoms with Gasteiger partial charge >= 0.3 is 0 Å². The van der Waals surface area contributed by atoms with E-state index >= 15 is 0 Å². The molecule has 0 unspecified atom stereocenters. The predicted octanol–water partition coefficient (Wildman–Crippen LogP) is 6.01. The molecule has 0 aliphatic carbocycles. The normalized spacial score (nSPS) is 12.8. The number of fused-ring (bicyclic) bond motifs is 1. The van der Waals surface area contributed by atoms with Crippen molar-refractivity contribution in [1.29, 1.82) is 0 Å². The molecule has 34 heavy (non-hydrogen) atoms. The Morgan fingerprint density at radius 3 is 2.35 bits per heavy atom. The fourth-order valence-electron chi connectivity index (χ4n) is 4.24. The zero-order chi connectivity index (χ0) is 23.7. The number of rotatable bonds is 4. The Kier molecular flexibility index (Phi) is 5.76. The highest BCUT2D eigenvalue weighted by Crippen LogP contribution is 2.31. The first-order valence-electron chi connectivity index (χ1n) is 11.4. The van der Waals surface area contributed by atoms with E-state index in [1.165, 1.54) is 0 Å². The maximum atomic E-state index is 12.9. The van der Waals surface area contributed by atoms with Crippen LogP contribution in [0.15, 0.2) is 83.3 Å². The van der Waals surface area contributed by atoms with Crippen LogP contribution in [-0.4, -0.2) is 23.3 Å². The number of aryl methyl sites for hydroxylation is 2. The van der Waals surface area contributed by atoms with Crippen LogP contribution >= 0.6 is 0 Å². The first-order chi connectivity index (χ1) is 16.5. The minimum absolute atomic E-state index is 0.0470. The molecule has 170 valence electrons. The van der Waals surface area contributed by atoms with Gasteiger partial charge in [-0.15, -0.1) is 0 Å². The van der Waals surface area contributed by atoms with E-state index in [4.69, 9.17) is 4.42 Å². The second kappa shape index (κ2) is 9.02. The quantitative estimate of drug-likeness (QED) is 0.414. The van der Waals surface area contributed by atoms with E-state index in [2.05, 4.69) is 5.32 Å². The van der Waals surface area contributed by atoms with Crippen molar-refractivity contribution < 1.29 is 14.0 Å². The summed E-state index contributed by atoms with van der Waals surface area (Å²) >= 11 is 0. The predicted molar refractivity (Wildman–Crippen MR) is 133 cm³/mol. The molecular formula is C29H26N2O3. The molecule has 2 heterocycles. The summed E-state index contributed by atoms with van der Waals surface area (Å²) in [6.07, 6.45) is 0.692. The molecule has 0 bridgehead atoms. The third kappa shape index (κ3) is 4.50. The highest BCUT2D eigenvalue weighted by atomic mass is 16.3. The van der Waals surface area contributed by atoms with E-state index in [1.807, 2.05) is 97.6 Å². The Morgan fingerprint density at radius 2 is 1.62 bits per heavy atom. The number of benzene rings is 3. The second-order valence-electron chi connectivity index (χ2n) is 8.80. The van der Waals surface area contributed by atoms with Crippen molar-refractivity contribution in [3.05, 3.63) is 112 Å². The Balaban J connectivity index is 1.27. The summed E-state index contributed by atoms with van der Waals surface area (Å²) < 4.78 is 6.12. The van der Waals surface area contributed by atoms with Crippen LogP contribution < -0.4 is 5.32 Å². The number of amides is 2. The number of nitrogens with one attached hydrogen (secondary N) is 1. The molecule has 0 saturated heterocycles. The summed E-state index contributed by atoms with van der Waals surface area (Å²) in [7, 11) is 0. The van der Waals surface area contributed by atoms with Crippen LogP contribution in [0.5, 0.6) is 0 Å². The summed E-state index contributed by atoms with van der Waals surface area (Å²) in [5.74, 6) is 1.61. The summed E-state index contributed by atoms with van der Waals surface area (Å²) in [5.41, 5.74) is 6.23. The zero-order valence-electron chi connectivity index (χ0n) is 19.3. The van der Waals surface area contributed by atoms with Gasteiger partial charge in [0.1, 0.15) is 11.5 Å². The van der Waals surface area contributed by atoms with Crippen molar-refractivity contribution in [3.63, 3.8) is 0 Å². The molecule has 5 nitrogen and oxygen atoms in total. The summed E-state index contributed by atoms with van der Waals surface area (Å²) in [6, 6.07) is 24.8. The molecule has 1 aliphatic rings. The molecule has 1 aliphatic heterocycles. The molecule has 4 aromatic rings. The first-order valence-corrected chi connectivity index (χ1v) is 11.4. The van der Waals surface area contributed by atoms with Crippen molar-refractivity contribution in [1.82, 2.24) is 4.90 Å². The molecule has 5 heteroatoms. The molecule has 1 aromatic heterocycles. The average molecular weight is 451 g/mol. The lowest BCUT2D eigenvalue weighted by Crippen LogP contribution is -2.35. The first kappa shape index (κ1) is 21.7. The molecule has 0 saturated carbocycles. The van der Waals surface area contributed by atoms with E-state index in [-0.39, 0.29) is 11.8 Å². The number of nitrogens with zero attached hydrogens (tertiary/aromatic N) is 1. The molecule has 2 amide bonds. The van der Waals surface area contributed by atoms with Gasteiger partial charge in [0.15, 0.2) is 0 Å². The number of furan rings is 1. The van der Waals surface area contributed by atoms with E-state index < -0.39 is 0 Å². The minimum Gasteiger partial charge on any atom is -0.461 e. The van der Waals surface area contributed by atoms with Gasteiger partial charge in [-0.1, -0.05) is 35.4 Å². The molecular weight excluding hydrogens is 424 g/mol. The van der Waals surface area contributed by atoms with E-state index in [9.17, 15) is 9.59 Å². The van der Waals surface area contributed by atoms with Crippen molar-refractivity contribution in [2.75, 3.05) is 11.9 Å². The van der Waals surface area contributed by atoms with Gasteiger partial charge in [0.2, 0.25) is 0 Å². The molecule has 3 aromatic carbocycles. The Hall–Kier alpha value is -4.12. The van der Waals surface area contributed by atoms with Crippen LogP contribution in [0.4, 0.5) is 5.69 Å². The van der Waals surface area contributed by atoms with Crippen LogP contribution in [-0.2, 0) is 13.0 Å². The Morgan fingerprint density at radius 1 is 0.853 bits per heavy atom. The van der Waals surface area contributed by atoms with Gasteiger partial charge in [-0.05, 0) is 68.4 Å². The van der Waals surface area contributed by atoms with Crippen molar-refractivity contribution in [3.8, 4) is 11.3 Å². The minimum atomic E-state index is -0.139. The third-order valence-corrected chi connectivity index (χ3v) is 6.16. The van der Waals surface area contributed by atoms with Crippen LogP contribution in [0.1, 0.15) is 43.2 Å². The van der Waals surface area contributed by atoms with Crippen molar-refractivity contribution in [2.45, 2.75) is 26.8 Å². The fraction of sp³-hybridized carbons (Fsp3) is 0.172. The van der Waals surface area contributed by atoms with E-state index in [1.54, 1.807) is 0 Å². The monoisotopic (exact) mass is 450 g/mol. The third-order valence-electron chi connectivity index (χ3n) is 6.16. The number of carbonyl (C=O) groups excluding carboxylic acids is 2. The largest absolute Gasteiger partial charge is 0.461 e. The SMILES string of the molecule is Cc1ccc(C(=O)Nc2ccc(-c3cc4c(o3)CCN(C(=O)c3cccc(C)c3)C4)cc2)cc1. The molecule has 1 N–H and O–H groups in total. The maximum absolute atomic E-state index is 12.9. The van der Waals surface area contributed by atoms with Gasteiger partial charge < -0.3 is 14.6 Å². The second-order valence-corrected chi connectivity index (χ2v) is 8.80. The van der Waals surface area contributed by atoms with Crippen LogP contribution in [0.2, 0.25) is 0 Å². The molecule has 0 atom stereocenters. The molecule has 0 fully saturated rings. The summed E-state index contributed by atoms with van der Waals surface area (Å²) in [6.45, 7) is 5.16. The van der Waals surface area contributed by atoms with Gasteiger partial charge in [0.05, 0.1) is 0 Å². The van der Waals surface area contributed by atoms with E-state index in [0.717, 1.165) is 45.0 Å². The standard InChI is InChI=1S/C29H26N2O3/c1-19-6-8-22(9-7-19)28(32)30-25-12-10-21(11-13-25)27-17-24-18-31(15-14-26(24)34-27)29(33)23-5-3-4-20(2)16-23/h3-13,16-17H,14-15,18H2,1-2H3,(H,30,32). The highest BCUT2D eigenvalue weighted by molar-refractivity contribution is 6.04. The maximum Gasteiger partial charge on any atom is 0.255 e. The lowest BCUT2D eigenvalue weighted by atomic mass is 10.1.